The zero-order valence-corrected chi connectivity index (χ0v) is 20.0. The largest absolute Gasteiger partial charge is 0.370 e. The van der Waals surface area contributed by atoms with Gasteiger partial charge in [0.1, 0.15) is 5.82 Å². The number of nitrogens with zero attached hydrogens (tertiary/aromatic N) is 3. The molecular weight excluding hydrogens is 433 g/mol. The van der Waals surface area contributed by atoms with E-state index in [0.29, 0.717) is 11.9 Å². The van der Waals surface area contributed by atoms with Crippen LogP contribution in [0, 0.1) is 5.92 Å². The number of rotatable bonds is 4. The van der Waals surface area contributed by atoms with Crippen molar-refractivity contribution in [1.82, 2.24) is 9.88 Å². The molecule has 3 rings (SSSR count). The summed E-state index contributed by atoms with van der Waals surface area (Å²) in [6, 6.07) is 4.63. The molecule has 1 aliphatic carbocycles. The van der Waals surface area contributed by atoms with Crippen molar-refractivity contribution in [2.24, 2.45) is 11.7 Å². The lowest BCUT2D eigenvalue weighted by molar-refractivity contribution is -0.122. The Hall–Kier alpha value is -0.790. The third-order valence-electron chi connectivity index (χ3n) is 6.13. The molecule has 9 heteroatoms. The second kappa shape index (κ2) is 12.2. The average molecular weight is 469 g/mol. The molecule has 168 valence electrons. The number of hydrogen-bond donors (Lipinski definition) is 2. The van der Waals surface area contributed by atoms with E-state index in [0.717, 1.165) is 44.5 Å². The van der Waals surface area contributed by atoms with Crippen LogP contribution in [0.4, 0.5) is 11.5 Å². The fourth-order valence-corrected chi connectivity index (χ4v) is 4.29. The number of aromatic nitrogens is 1. The molecule has 0 radical (unpaired) electrons. The number of carbonyl (C=O) groups is 1. The van der Waals surface area contributed by atoms with E-state index in [9.17, 15) is 4.79 Å². The van der Waals surface area contributed by atoms with Crippen molar-refractivity contribution < 1.29 is 4.79 Å². The van der Waals surface area contributed by atoms with Gasteiger partial charge in [-0.2, -0.15) is 0 Å². The van der Waals surface area contributed by atoms with Crippen molar-refractivity contribution in [2.75, 3.05) is 37.4 Å². The van der Waals surface area contributed by atoms with E-state index in [-0.39, 0.29) is 49.0 Å². The molecule has 29 heavy (non-hydrogen) atoms. The Kier molecular flexibility index (Phi) is 11.8. The van der Waals surface area contributed by atoms with Crippen LogP contribution in [0.1, 0.15) is 45.4 Å². The molecule has 1 amide bonds. The molecule has 3 N–H and O–H groups in total. The molecule has 1 saturated heterocycles. The topological polar surface area (TPSA) is 74.5 Å². The molecule has 2 unspecified atom stereocenters. The van der Waals surface area contributed by atoms with Crippen LogP contribution in [0.5, 0.6) is 0 Å². The highest BCUT2D eigenvalue weighted by Gasteiger charge is 2.37. The fraction of sp³-hybridized carbons (Fsp3) is 0.700. The lowest BCUT2D eigenvalue weighted by Crippen LogP contribution is -2.51. The smallest absolute Gasteiger partial charge is 0.230 e. The molecule has 0 spiro atoms. The Morgan fingerprint density at radius 1 is 1.17 bits per heavy atom. The Labute approximate surface area is 193 Å². The van der Waals surface area contributed by atoms with Crippen LogP contribution in [0.2, 0.25) is 0 Å². The monoisotopic (exact) mass is 467 g/mol. The number of hydrogen-bond acceptors (Lipinski definition) is 5. The second-order valence-electron chi connectivity index (χ2n) is 8.38. The molecule has 0 aromatic carbocycles. The average Bonchev–Trinajstić information content (AvgIpc) is 2.62. The minimum absolute atomic E-state index is 0. The van der Waals surface area contributed by atoms with Crippen LogP contribution in [0.15, 0.2) is 18.3 Å². The van der Waals surface area contributed by atoms with Gasteiger partial charge in [-0.3, -0.25) is 4.79 Å². The van der Waals surface area contributed by atoms with Crippen molar-refractivity contribution in [3.63, 3.8) is 0 Å². The van der Waals surface area contributed by atoms with Gasteiger partial charge in [0.15, 0.2) is 0 Å². The van der Waals surface area contributed by atoms with Crippen LogP contribution < -0.4 is 16.0 Å². The number of piperidine rings is 1. The molecule has 2 atom stereocenters. The highest BCUT2D eigenvalue weighted by Crippen LogP contribution is 2.32. The van der Waals surface area contributed by atoms with E-state index in [1.54, 1.807) is 0 Å². The van der Waals surface area contributed by atoms with Crippen LogP contribution in [0.3, 0.4) is 0 Å². The number of nitrogens with two attached hydrogens (primary N) is 1. The minimum Gasteiger partial charge on any atom is -0.370 e. The number of pyridine rings is 1. The summed E-state index contributed by atoms with van der Waals surface area (Å²) in [7, 11) is 4.30. The summed E-state index contributed by atoms with van der Waals surface area (Å²) >= 11 is 0. The van der Waals surface area contributed by atoms with Gasteiger partial charge < -0.3 is 20.9 Å². The van der Waals surface area contributed by atoms with Gasteiger partial charge in [-0.05, 0) is 58.8 Å². The maximum absolute atomic E-state index is 12.6. The number of carbonyl (C=O) groups excluding carboxylic acids is 1. The highest BCUT2D eigenvalue weighted by molar-refractivity contribution is 5.92. The summed E-state index contributed by atoms with van der Waals surface area (Å²) in [5.41, 5.74) is 7.05. The standard InChI is InChI=1S/C20H33N5O.3ClH/c1-20(21)11-5-4-6-17(20)19(26)23-18-8-7-16(14-22-18)25-12-9-15(10-13-25)24(2)3;;;/h7-8,14-15,17H,4-6,9-13,21H2,1-3H3,(H,22,23,26);3*1H. The molecular formula is C20H36Cl3N5O. The molecule has 2 aliphatic rings. The van der Waals surface area contributed by atoms with Crippen molar-refractivity contribution >= 4 is 54.6 Å². The van der Waals surface area contributed by atoms with Gasteiger partial charge in [0.25, 0.3) is 0 Å². The number of nitrogens with one attached hydrogen (secondary N) is 1. The second-order valence-corrected chi connectivity index (χ2v) is 8.38. The van der Waals surface area contributed by atoms with Crippen LogP contribution in [0.25, 0.3) is 0 Å². The molecule has 1 aromatic rings. The van der Waals surface area contributed by atoms with Gasteiger partial charge >= 0.3 is 0 Å². The van der Waals surface area contributed by atoms with Gasteiger partial charge in [0.2, 0.25) is 5.91 Å². The summed E-state index contributed by atoms with van der Waals surface area (Å²) < 4.78 is 0. The van der Waals surface area contributed by atoms with Gasteiger partial charge in [-0.15, -0.1) is 37.2 Å². The zero-order chi connectivity index (χ0) is 18.7. The van der Waals surface area contributed by atoms with E-state index >= 15 is 0 Å². The van der Waals surface area contributed by atoms with E-state index in [4.69, 9.17) is 5.73 Å². The van der Waals surface area contributed by atoms with E-state index < -0.39 is 5.54 Å². The van der Waals surface area contributed by atoms with Gasteiger partial charge in [0, 0.05) is 24.7 Å². The molecule has 2 heterocycles. The molecule has 1 saturated carbocycles. The third-order valence-corrected chi connectivity index (χ3v) is 6.13. The summed E-state index contributed by atoms with van der Waals surface area (Å²) in [5, 5.41) is 2.96. The SMILES string of the molecule is CN(C)C1CCN(c2ccc(NC(=O)C3CCCCC3(C)N)nc2)CC1.Cl.Cl.Cl. The first-order chi connectivity index (χ1) is 12.4. The minimum atomic E-state index is -0.418. The summed E-state index contributed by atoms with van der Waals surface area (Å²) in [4.78, 5) is 21.8. The van der Waals surface area contributed by atoms with Gasteiger partial charge in [0.05, 0.1) is 17.8 Å². The van der Waals surface area contributed by atoms with Crippen LogP contribution in [-0.2, 0) is 4.79 Å². The van der Waals surface area contributed by atoms with Crippen LogP contribution >= 0.6 is 37.2 Å². The Balaban J connectivity index is 0.00000261. The summed E-state index contributed by atoms with van der Waals surface area (Å²) in [6.45, 7) is 4.08. The number of anilines is 2. The first kappa shape index (κ1) is 28.2. The van der Waals surface area contributed by atoms with E-state index in [1.165, 1.54) is 12.8 Å². The maximum Gasteiger partial charge on any atom is 0.230 e. The summed E-state index contributed by atoms with van der Waals surface area (Å²) in [6.07, 6.45) is 8.14. The zero-order valence-electron chi connectivity index (χ0n) is 17.6. The molecule has 1 aliphatic heterocycles. The summed E-state index contributed by atoms with van der Waals surface area (Å²) in [5.74, 6) is 0.479. The first-order valence-corrected chi connectivity index (χ1v) is 9.84. The predicted molar refractivity (Wildman–Crippen MR) is 128 cm³/mol. The van der Waals surface area contributed by atoms with Gasteiger partial charge in [-0.25, -0.2) is 4.98 Å². The highest BCUT2D eigenvalue weighted by atomic mass is 35.5. The lowest BCUT2D eigenvalue weighted by atomic mass is 9.74. The molecule has 0 bridgehead atoms. The fourth-order valence-electron chi connectivity index (χ4n) is 4.29. The Morgan fingerprint density at radius 3 is 2.34 bits per heavy atom. The van der Waals surface area contributed by atoms with Crippen molar-refractivity contribution in [1.29, 1.82) is 0 Å². The quantitative estimate of drug-likeness (QED) is 0.704. The van der Waals surface area contributed by atoms with E-state index in [2.05, 4.69) is 40.3 Å². The lowest BCUT2D eigenvalue weighted by Gasteiger charge is -2.37. The van der Waals surface area contributed by atoms with E-state index in [1.807, 2.05) is 19.2 Å². The maximum atomic E-state index is 12.6. The first-order valence-electron chi connectivity index (χ1n) is 9.84. The molecule has 1 aromatic heterocycles. The number of amides is 1. The van der Waals surface area contributed by atoms with Gasteiger partial charge in [-0.1, -0.05) is 12.8 Å². The van der Waals surface area contributed by atoms with Crippen molar-refractivity contribution in [3.05, 3.63) is 18.3 Å². The Bertz CT molecular complexity index is 619. The normalized spacial score (nSPS) is 24.7. The van der Waals surface area contributed by atoms with Crippen molar-refractivity contribution in [2.45, 2.75) is 57.0 Å². The predicted octanol–water partition coefficient (Wildman–Crippen LogP) is 3.72. The molecule has 2 fully saturated rings. The third kappa shape index (κ3) is 7.14. The number of halogens is 3. The molecule has 6 nitrogen and oxygen atoms in total. The Morgan fingerprint density at radius 2 is 1.83 bits per heavy atom. The van der Waals surface area contributed by atoms with Crippen molar-refractivity contribution in [3.8, 4) is 0 Å². The van der Waals surface area contributed by atoms with Crippen LogP contribution in [-0.4, -0.2) is 54.6 Å².